The van der Waals surface area contributed by atoms with Crippen molar-refractivity contribution in [2.24, 2.45) is 0 Å². The van der Waals surface area contributed by atoms with Crippen molar-refractivity contribution >= 4 is 16.4 Å². The molecule has 1 unspecified atom stereocenters. The summed E-state index contributed by atoms with van der Waals surface area (Å²) in [5, 5.41) is 0. The summed E-state index contributed by atoms with van der Waals surface area (Å²) in [6.07, 6.45) is 14.5. The summed E-state index contributed by atoms with van der Waals surface area (Å²) in [4.78, 5) is 10.9. The topological polar surface area (TPSA) is 92.7 Å². The number of rotatable bonds is 17. The van der Waals surface area contributed by atoms with Crippen molar-refractivity contribution < 1.29 is 56.2 Å². The van der Waals surface area contributed by atoms with Crippen LogP contribution >= 0.6 is 0 Å². The summed E-state index contributed by atoms with van der Waals surface area (Å²) in [7, 11) is -4.86. The second-order valence-electron chi connectivity index (χ2n) is 6.57. The van der Waals surface area contributed by atoms with Crippen molar-refractivity contribution in [3.05, 3.63) is 0 Å². The minimum Gasteiger partial charge on any atom is -0.725 e. The number of unbranched alkanes of at least 4 members (excludes halogenated alkanes) is 12. The number of carbonyl (C=O) groups is 1. The van der Waals surface area contributed by atoms with E-state index in [2.05, 4.69) is 11.1 Å². The van der Waals surface area contributed by atoms with E-state index in [0.29, 0.717) is 6.42 Å². The molecule has 0 amide bonds. The average Bonchev–Trinajstić information content (AvgIpc) is 2.49. The van der Waals surface area contributed by atoms with Gasteiger partial charge in [0.15, 0.2) is 0 Å². The summed E-state index contributed by atoms with van der Waals surface area (Å²) in [6, 6.07) is 0. The second kappa shape index (κ2) is 18.7. The molecule has 0 aliphatic rings. The predicted octanol–water partition coefficient (Wildman–Crippen LogP) is 1.84. The van der Waals surface area contributed by atoms with Crippen molar-refractivity contribution in [2.75, 3.05) is 0 Å². The van der Waals surface area contributed by atoms with Gasteiger partial charge >= 0.3 is 35.5 Å². The van der Waals surface area contributed by atoms with Crippen LogP contribution in [0.3, 0.4) is 0 Å². The first-order valence-electron chi connectivity index (χ1n) is 9.66. The van der Waals surface area contributed by atoms with Crippen LogP contribution in [0.5, 0.6) is 0 Å². The molecule has 0 bridgehead atoms. The first-order valence-corrected chi connectivity index (χ1v) is 11.0. The van der Waals surface area contributed by atoms with Crippen LogP contribution in [-0.2, 0) is 24.1 Å². The number of hydrogen-bond acceptors (Lipinski definition) is 6. The molecule has 0 N–H and O–H groups in total. The molecule has 0 aromatic rings. The monoisotopic (exact) mass is 402 g/mol. The molecule has 26 heavy (non-hydrogen) atoms. The van der Waals surface area contributed by atoms with Gasteiger partial charge in [0.2, 0.25) is 16.7 Å². The second-order valence-corrected chi connectivity index (χ2v) is 7.58. The van der Waals surface area contributed by atoms with Crippen LogP contribution in [0.2, 0.25) is 0 Å². The predicted molar refractivity (Wildman–Crippen MR) is 96.6 cm³/mol. The number of ether oxygens (including phenoxy) is 1. The van der Waals surface area contributed by atoms with E-state index in [-0.39, 0.29) is 36.0 Å². The molecule has 0 aliphatic carbocycles. The van der Waals surface area contributed by atoms with Gasteiger partial charge in [0, 0.05) is 13.3 Å². The zero-order valence-corrected chi connectivity index (χ0v) is 19.7. The van der Waals surface area contributed by atoms with Gasteiger partial charge in [0.1, 0.15) is 0 Å². The molecule has 0 aromatic heterocycles. The van der Waals surface area contributed by atoms with Gasteiger partial charge in [-0.25, -0.2) is 12.6 Å². The van der Waals surface area contributed by atoms with Gasteiger partial charge in [-0.3, -0.25) is 4.79 Å². The molecule has 0 saturated carbocycles. The minimum atomic E-state index is -4.86. The van der Waals surface area contributed by atoms with E-state index in [1.54, 1.807) is 0 Å². The zero-order chi connectivity index (χ0) is 19.0. The molecule has 0 saturated heterocycles. The Morgan fingerprint density at radius 1 is 0.846 bits per heavy atom. The largest absolute Gasteiger partial charge is 1.00 e. The maximum atomic E-state index is 10.9. The molecule has 1 atom stereocenters. The molecular formula is C18H35NaO6S. The zero-order valence-electron chi connectivity index (χ0n) is 16.8. The van der Waals surface area contributed by atoms with Crippen LogP contribution in [0.1, 0.15) is 104 Å². The summed E-state index contributed by atoms with van der Waals surface area (Å²) >= 11 is 0. The van der Waals surface area contributed by atoms with Gasteiger partial charge in [-0.1, -0.05) is 84.0 Å². The van der Waals surface area contributed by atoms with Gasteiger partial charge in [-0.05, 0) is 6.42 Å². The quantitative estimate of drug-likeness (QED) is 0.0920. The third kappa shape index (κ3) is 22.4. The summed E-state index contributed by atoms with van der Waals surface area (Å²) in [6.45, 7) is 3.38. The fourth-order valence-corrected chi connectivity index (χ4v) is 3.17. The SMILES string of the molecule is CCCCCCCCCCCCCCCC(OC(C)=O)OS(=O)(=O)[O-].[Na+]. The Balaban J connectivity index is 0. The van der Waals surface area contributed by atoms with E-state index in [9.17, 15) is 17.8 Å². The summed E-state index contributed by atoms with van der Waals surface area (Å²) in [5.74, 6) is -0.664. The van der Waals surface area contributed by atoms with Crippen molar-refractivity contribution in [1.82, 2.24) is 0 Å². The van der Waals surface area contributed by atoms with Crippen LogP contribution < -0.4 is 29.6 Å². The molecule has 0 heterocycles. The maximum Gasteiger partial charge on any atom is 1.00 e. The first kappa shape index (κ1) is 28.5. The number of esters is 1. The molecule has 0 spiro atoms. The van der Waals surface area contributed by atoms with E-state index in [4.69, 9.17) is 4.74 Å². The Kier molecular flexibility index (Phi) is 20.5. The maximum absolute atomic E-state index is 10.9. The van der Waals surface area contributed by atoms with E-state index < -0.39 is 22.7 Å². The first-order chi connectivity index (χ1) is 11.8. The Labute approximate surface area is 182 Å². The van der Waals surface area contributed by atoms with Gasteiger partial charge in [-0.15, -0.1) is 0 Å². The van der Waals surface area contributed by atoms with Crippen molar-refractivity contribution in [2.45, 2.75) is 110 Å². The van der Waals surface area contributed by atoms with Gasteiger partial charge in [0.05, 0.1) is 0 Å². The third-order valence-corrected chi connectivity index (χ3v) is 4.52. The van der Waals surface area contributed by atoms with E-state index in [1.165, 1.54) is 57.8 Å². The Hall–Kier alpha value is 0.340. The van der Waals surface area contributed by atoms with Gasteiger partial charge < -0.3 is 9.29 Å². The minimum absolute atomic E-state index is 0. The van der Waals surface area contributed by atoms with Crippen molar-refractivity contribution in [1.29, 1.82) is 0 Å². The molecule has 0 fully saturated rings. The van der Waals surface area contributed by atoms with Crippen molar-refractivity contribution in [3.63, 3.8) is 0 Å². The summed E-state index contributed by atoms with van der Waals surface area (Å²) < 4.78 is 40.7. The summed E-state index contributed by atoms with van der Waals surface area (Å²) in [5.41, 5.74) is 0. The Morgan fingerprint density at radius 2 is 1.23 bits per heavy atom. The van der Waals surface area contributed by atoms with Crippen LogP contribution in [-0.4, -0.2) is 25.2 Å². The molecule has 0 rings (SSSR count). The van der Waals surface area contributed by atoms with Crippen LogP contribution in [0.4, 0.5) is 0 Å². The molecule has 8 heteroatoms. The van der Waals surface area contributed by atoms with Crippen LogP contribution in [0.25, 0.3) is 0 Å². The number of carbonyl (C=O) groups excluding carboxylic acids is 1. The van der Waals surface area contributed by atoms with Crippen LogP contribution in [0, 0.1) is 0 Å². The molecule has 150 valence electrons. The standard InChI is InChI=1S/C18H36O6S.Na/c1-3-4-5-6-7-8-9-10-11-12-13-14-15-16-18(23-17(2)19)24-25(20,21)22;/h18H,3-16H2,1-2H3,(H,20,21,22);/q;+1/p-1. The van der Waals surface area contributed by atoms with E-state index in [1.807, 2.05) is 0 Å². The Bertz CT molecular complexity index is 427. The smallest absolute Gasteiger partial charge is 0.725 e. The van der Waals surface area contributed by atoms with E-state index in [0.717, 1.165) is 26.2 Å². The fourth-order valence-electron chi connectivity index (χ4n) is 2.77. The van der Waals surface area contributed by atoms with Crippen molar-refractivity contribution in [3.8, 4) is 0 Å². The third-order valence-electron chi connectivity index (χ3n) is 4.07. The van der Waals surface area contributed by atoms with Crippen LogP contribution in [0.15, 0.2) is 0 Å². The fraction of sp³-hybridized carbons (Fsp3) is 0.944. The molecular weight excluding hydrogens is 367 g/mol. The average molecular weight is 403 g/mol. The molecule has 6 nitrogen and oxygen atoms in total. The Morgan fingerprint density at radius 3 is 1.58 bits per heavy atom. The normalized spacial score (nSPS) is 12.4. The molecule has 0 aromatic carbocycles. The number of hydrogen-bond donors (Lipinski definition) is 0. The van der Waals surface area contributed by atoms with Gasteiger partial charge in [-0.2, -0.15) is 0 Å². The molecule has 0 radical (unpaired) electrons. The van der Waals surface area contributed by atoms with E-state index >= 15 is 0 Å². The van der Waals surface area contributed by atoms with Gasteiger partial charge in [0.25, 0.3) is 0 Å². The molecule has 0 aliphatic heterocycles.